The van der Waals surface area contributed by atoms with E-state index in [1.165, 1.54) is 18.2 Å². The molecular formula is C10H16N2O3S. The van der Waals surface area contributed by atoms with Crippen LogP contribution in [-0.2, 0) is 15.3 Å². The summed E-state index contributed by atoms with van der Waals surface area (Å²) in [5.74, 6) is 1.66. The molecular weight excluding hydrogens is 228 g/mol. The molecule has 1 atom stereocenters. The molecule has 6 heteroatoms. The number of hydrogen-bond acceptors (Lipinski definition) is 6. The molecule has 16 heavy (non-hydrogen) atoms. The van der Waals surface area contributed by atoms with E-state index in [1.807, 2.05) is 6.92 Å². The first-order valence-corrected chi connectivity index (χ1v) is 6.19. The van der Waals surface area contributed by atoms with Crippen LogP contribution < -0.4 is 5.73 Å². The topological polar surface area (TPSA) is 78.4 Å². The Morgan fingerprint density at radius 1 is 1.75 bits per heavy atom. The quantitative estimate of drug-likeness (QED) is 0.755. The van der Waals surface area contributed by atoms with Crippen LogP contribution in [0.2, 0.25) is 0 Å². The molecule has 0 aliphatic carbocycles. The monoisotopic (exact) mass is 244 g/mol. The zero-order chi connectivity index (χ0) is 12.0. The fourth-order valence-corrected chi connectivity index (χ4v) is 2.05. The van der Waals surface area contributed by atoms with E-state index in [-0.39, 0.29) is 5.97 Å². The summed E-state index contributed by atoms with van der Waals surface area (Å²) < 4.78 is 9.86. The van der Waals surface area contributed by atoms with Crippen molar-refractivity contribution in [1.82, 2.24) is 4.98 Å². The number of ether oxygens (including phenoxy) is 1. The van der Waals surface area contributed by atoms with Crippen molar-refractivity contribution in [3.63, 3.8) is 0 Å². The number of aryl methyl sites for hydroxylation is 1. The Bertz CT molecular complexity index is 341. The number of rotatable bonds is 6. The van der Waals surface area contributed by atoms with E-state index in [4.69, 9.17) is 14.9 Å². The minimum atomic E-state index is -0.572. The van der Waals surface area contributed by atoms with Crippen LogP contribution in [-0.4, -0.2) is 29.4 Å². The summed E-state index contributed by atoms with van der Waals surface area (Å²) in [5, 5.41) is 0. The minimum absolute atomic E-state index is 0.355. The summed E-state index contributed by atoms with van der Waals surface area (Å²) in [6.07, 6.45) is 1.41. The highest BCUT2D eigenvalue weighted by molar-refractivity contribution is 7.98. The predicted octanol–water partition coefficient (Wildman–Crippen LogP) is 1.11. The highest BCUT2D eigenvalue weighted by Gasteiger charge is 2.14. The number of oxazole rings is 1. The van der Waals surface area contributed by atoms with Gasteiger partial charge in [-0.3, -0.25) is 4.79 Å². The molecule has 0 spiro atoms. The van der Waals surface area contributed by atoms with Crippen LogP contribution in [0.5, 0.6) is 0 Å². The number of nitrogens with two attached hydrogens (primary N) is 1. The van der Waals surface area contributed by atoms with Crippen molar-refractivity contribution in [2.45, 2.75) is 25.6 Å². The molecule has 1 aromatic heterocycles. The van der Waals surface area contributed by atoms with Gasteiger partial charge in [-0.05, 0) is 13.8 Å². The summed E-state index contributed by atoms with van der Waals surface area (Å²) in [5.41, 5.74) is 6.53. The summed E-state index contributed by atoms with van der Waals surface area (Å²) in [7, 11) is 0. The third-order valence-electron chi connectivity index (χ3n) is 1.97. The Balaban J connectivity index is 2.25. The van der Waals surface area contributed by atoms with Crippen LogP contribution in [0.15, 0.2) is 10.8 Å². The van der Waals surface area contributed by atoms with Crippen molar-refractivity contribution < 1.29 is 13.9 Å². The van der Waals surface area contributed by atoms with Gasteiger partial charge in [-0.2, -0.15) is 11.8 Å². The number of carbonyl (C=O) groups excluding carboxylic acids is 1. The molecule has 1 unspecified atom stereocenters. The molecule has 0 radical (unpaired) electrons. The van der Waals surface area contributed by atoms with Gasteiger partial charge in [-0.15, -0.1) is 0 Å². The fraction of sp³-hybridized carbons (Fsp3) is 0.600. The van der Waals surface area contributed by atoms with Crippen LogP contribution in [0, 0.1) is 6.92 Å². The van der Waals surface area contributed by atoms with E-state index in [0.717, 1.165) is 11.5 Å². The summed E-state index contributed by atoms with van der Waals surface area (Å²) in [6, 6.07) is -0.572. The molecule has 0 amide bonds. The number of nitrogens with zero attached hydrogens (tertiary/aromatic N) is 1. The number of carbonyl (C=O) groups is 1. The molecule has 0 saturated heterocycles. The predicted molar refractivity (Wildman–Crippen MR) is 62.0 cm³/mol. The number of aromatic nitrogens is 1. The van der Waals surface area contributed by atoms with Gasteiger partial charge < -0.3 is 14.9 Å². The van der Waals surface area contributed by atoms with Crippen LogP contribution in [0.3, 0.4) is 0 Å². The van der Waals surface area contributed by atoms with Gasteiger partial charge in [-0.1, -0.05) is 0 Å². The van der Waals surface area contributed by atoms with E-state index >= 15 is 0 Å². The molecule has 90 valence electrons. The van der Waals surface area contributed by atoms with Crippen LogP contribution in [0.4, 0.5) is 0 Å². The average Bonchev–Trinajstić information content (AvgIpc) is 2.65. The fourth-order valence-electron chi connectivity index (χ4n) is 1.07. The second-order valence-electron chi connectivity index (χ2n) is 3.23. The van der Waals surface area contributed by atoms with E-state index in [9.17, 15) is 4.79 Å². The SMILES string of the molecule is CCOC(=O)C(N)CSCc1ncoc1C. The van der Waals surface area contributed by atoms with Crippen molar-refractivity contribution in [2.24, 2.45) is 5.73 Å². The molecule has 0 fully saturated rings. The van der Waals surface area contributed by atoms with Gasteiger partial charge in [0, 0.05) is 11.5 Å². The standard InChI is InChI=1S/C10H16N2O3S/c1-3-14-10(13)8(11)4-16-5-9-7(2)15-6-12-9/h6,8H,3-5,11H2,1-2H3. The van der Waals surface area contributed by atoms with Gasteiger partial charge >= 0.3 is 5.97 Å². The lowest BCUT2D eigenvalue weighted by atomic mass is 10.4. The first-order chi connectivity index (χ1) is 7.65. The van der Waals surface area contributed by atoms with Gasteiger partial charge in [-0.25, -0.2) is 4.98 Å². The van der Waals surface area contributed by atoms with Crippen molar-refractivity contribution in [3.05, 3.63) is 17.8 Å². The molecule has 5 nitrogen and oxygen atoms in total. The highest BCUT2D eigenvalue weighted by atomic mass is 32.2. The Morgan fingerprint density at radius 2 is 2.50 bits per heavy atom. The first kappa shape index (κ1) is 13.1. The van der Waals surface area contributed by atoms with E-state index in [2.05, 4.69) is 4.98 Å². The lowest BCUT2D eigenvalue weighted by Gasteiger charge is -2.09. The first-order valence-electron chi connectivity index (χ1n) is 5.04. The average molecular weight is 244 g/mol. The maximum absolute atomic E-state index is 11.2. The lowest BCUT2D eigenvalue weighted by molar-refractivity contribution is -0.144. The third-order valence-corrected chi connectivity index (χ3v) is 3.04. The van der Waals surface area contributed by atoms with Crippen LogP contribution in [0.25, 0.3) is 0 Å². The Morgan fingerprint density at radius 3 is 3.06 bits per heavy atom. The molecule has 1 aromatic rings. The smallest absolute Gasteiger partial charge is 0.323 e. The third kappa shape index (κ3) is 3.86. The zero-order valence-electron chi connectivity index (χ0n) is 9.43. The molecule has 0 aliphatic rings. The number of esters is 1. The lowest BCUT2D eigenvalue weighted by Crippen LogP contribution is -2.34. The molecule has 0 aromatic carbocycles. The second-order valence-corrected chi connectivity index (χ2v) is 4.26. The van der Waals surface area contributed by atoms with Gasteiger partial charge in [0.2, 0.25) is 0 Å². The van der Waals surface area contributed by atoms with Crippen molar-refractivity contribution >= 4 is 17.7 Å². The molecule has 1 heterocycles. The summed E-state index contributed by atoms with van der Waals surface area (Å²) in [4.78, 5) is 15.3. The molecule has 1 rings (SSSR count). The van der Waals surface area contributed by atoms with E-state index in [0.29, 0.717) is 18.1 Å². The van der Waals surface area contributed by atoms with E-state index < -0.39 is 6.04 Å². The normalized spacial score (nSPS) is 12.4. The maximum atomic E-state index is 11.2. The van der Waals surface area contributed by atoms with Crippen molar-refractivity contribution in [1.29, 1.82) is 0 Å². The Hall–Kier alpha value is -1.01. The summed E-state index contributed by atoms with van der Waals surface area (Å²) in [6.45, 7) is 3.98. The number of thioether (sulfide) groups is 1. The molecule has 0 bridgehead atoms. The molecule has 0 saturated carbocycles. The van der Waals surface area contributed by atoms with Crippen LogP contribution >= 0.6 is 11.8 Å². The molecule has 2 N–H and O–H groups in total. The summed E-state index contributed by atoms with van der Waals surface area (Å²) >= 11 is 1.54. The second kappa shape index (κ2) is 6.55. The van der Waals surface area contributed by atoms with Crippen molar-refractivity contribution in [3.8, 4) is 0 Å². The number of hydrogen-bond donors (Lipinski definition) is 1. The zero-order valence-corrected chi connectivity index (χ0v) is 10.3. The van der Waals surface area contributed by atoms with Gasteiger partial charge in [0.15, 0.2) is 6.39 Å². The van der Waals surface area contributed by atoms with Gasteiger partial charge in [0.05, 0.1) is 12.3 Å². The van der Waals surface area contributed by atoms with E-state index in [1.54, 1.807) is 6.92 Å². The van der Waals surface area contributed by atoms with Gasteiger partial charge in [0.25, 0.3) is 0 Å². The minimum Gasteiger partial charge on any atom is -0.465 e. The molecule has 0 aliphatic heterocycles. The van der Waals surface area contributed by atoms with Gasteiger partial charge in [0.1, 0.15) is 11.8 Å². The van der Waals surface area contributed by atoms with Crippen molar-refractivity contribution in [2.75, 3.05) is 12.4 Å². The Labute approximate surface area is 98.7 Å². The van der Waals surface area contributed by atoms with Crippen LogP contribution in [0.1, 0.15) is 18.4 Å². The largest absolute Gasteiger partial charge is 0.465 e. The Kier molecular flexibility index (Phi) is 5.34. The highest BCUT2D eigenvalue weighted by Crippen LogP contribution is 2.14. The maximum Gasteiger partial charge on any atom is 0.323 e.